The lowest BCUT2D eigenvalue weighted by atomic mass is 9.95. The van der Waals surface area contributed by atoms with Gasteiger partial charge in [-0.1, -0.05) is 23.9 Å². The summed E-state index contributed by atoms with van der Waals surface area (Å²) in [6, 6.07) is 6.49. The highest BCUT2D eigenvalue weighted by atomic mass is 32.2. The Kier molecular flexibility index (Phi) is 3.68. The van der Waals surface area contributed by atoms with E-state index in [9.17, 15) is 0 Å². The van der Waals surface area contributed by atoms with Gasteiger partial charge in [0.25, 0.3) is 0 Å². The summed E-state index contributed by atoms with van der Waals surface area (Å²) in [7, 11) is 0. The van der Waals surface area contributed by atoms with Gasteiger partial charge in [0.15, 0.2) is 0 Å². The Morgan fingerprint density at radius 3 is 3.00 bits per heavy atom. The largest absolute Gasteiger partial charge is 0.326 e. The van der Waals surface area contributed by atoms with Crippen LogP contribution < -0.4 is 5.73 Å². The quantitative estimate of drug-likeness (QED) is 0.930. The molecule has 0 bridgehead atoms. The average Bonchev–Trinajstić information content (AvgIpc) is 2.91. The van der Waals surface area contributed by atoms with Gasteiger partial charge in [-0.05, 0) is 48.3 Å². The third-order valence-electron chi connectivity index (χ3n) is 3.25. The van der Waals surface area contributed by atoms with Crippen LogP contribution in [0.2, 0.25) is 0 Å². The number of hydrogen-bond acceptors (Lipinski definition) is 4. The van der Waals surface area contributed by atoms with E-state index in [1.54, 1.807) is 23.1 Å². The van der Waals surface area contributed by atoms with Crippen molar-refractivity contribution in [3.63, 3.8) is 0 Å². The molecule has 0 unspecified atom stereocenters. The number of rotatable bonds is 3. The molecule has 2 aromatic rings. The van der Waals surface area contributed by atoms with E-state index < -0.39 is 0 Å². The Bertz CT molecular complexity index is 535. The molecule has 0 spiro atoms. The smallest absolute Gasteiger partial charge is 0.106 e. The van der Waals surface area contributed by atoms with Gasteiger partial charge in [0, 0.05) is 12.2 Å². The minimum absolute atomic E-state index is 0.577. The topological polar surface area (TPSA) is 38.9 Å². The van der Waals surface area contributed by atoms with Crippen LogP contribution in [0.15, 0.2) is 32.8 Å². The van der Waals surface area contributed by atoms with Crippen molar-refractivity contribution in [3.05, 3.63) is 40.4 Å². The Morgan fingerprint density at radius 1 is 1.33 bits per heavy atom. The highest BCUT2D eigenvalue weighted by Gasteiger charge is 2.15. The van der Waals surface area contributed by atoms with Crippen molar-refractivity contribution in [1.29, 1.82) is 0 Å². The molecule has 2 aromatic heterocycles. The second-order valence-corrected chi connectivity index (χ2v) is 6.74. The Morgan fingerprint density at radius 2 is 2.22 bits per heavy atom. The Balaban J connectivity index is 1.96. The first-order chi connectivity index (χ1) is 8.86. The summed E-state index contributed by atoms with van der Waals surface area (Å²) in [5.74, 6) is 0. The van der Waals surface area contributed by atoms with Gasteiger partial charge in [0.2, 0.25) is 0 Å². The zero-order valence-corrected chi connectivity index (χ0v) is 11.8. The van der Waals surface area contributed by atoms with Crippen LogP contribution in [0.25, 0.3) is 0 Å². The summed E-state index contributed by atoms with van der Waals surface area (Å²) in [5.41, 5.74) is 9.76. The molecule has 1 aliphatic carbocycles. The molecule has 0 atom stereocenters. The van der Waals surface area contributed by atoms with Gasteiger partial charge >= 0.3 is 0 Å². The summed E-state index contributed by atoms with van der Waals surface area (Å²) < 4.78 is 1.29. The molecule has 18 heavy (non-hydrogen) atoms. The number of nitrogens with two attached hydrogens (primary N) is 1. The lowest BCUT2D eigenvalue weighted by molar-refractivity contribution is 0.656. The molecule has 0 aliphatic heterocycles. The standard InChI is InChI=1S/C14H16N2S2/c15-9-11-8-10-4-1-2-5-12(10)16-14(11)18-13-6-3-7-17-13/h3,6-8H,1-2,4-5,9,15H2. The van der Waals surface area contributed by atoms with E-state index in [-0.39, 0.29) is 0 Å². The zero-order valence-electron chi connectivity index (χ0n) is 10.2. The van der Waals surface area contributed by atoms with Crippen molar-refractivity contribution < 1.29 is 0 Å². The SMILES string of the molecule is NCc1cc2c(nc1Sc1cccs1)CCCC2. The van der Waals surface area contributed by atoms with E-state index in [2.05, 4.69) is 23.6 Å². The Hall–Kier alpha value is -0.840. The van der Waals surface area contributed by atoms with E-state index in [4.69, 9.17) is 10.7 Å². The summed E-state index contributed by atoms with van der Waals surface area (Å²) >= 11 is 3.50. The molecule has 0 radical (unpaired) electrons. The van der Waals surface area contributed by atoms with Crippen molar-refractivity contribution in [3.8, 4) is 0 Å². The molecular formula is C14H16N2S2. The van der Waals surface area contributed by atoms with Crippen LogP contribution in [-0.2, 0) is 19.4 Å². The molecule has 2 N–H and O–H groups in total. The highest BCUT2D eigenvalue weighted by Crippen LogP contribution is 2.34. The molecule has 2 nitrogen and oxygen atoms in total. The fourth-order valence-electron chi connectivity index (χ4n) is 2.31. The summed E-state index contributed by atoms with van der Waals surface area (Å²) in [6.07, 6.45) is 4.85. The maximum absolute atomic E-state index is 5.86. The highest BCUT2D eigenvalue weighted by molar-refractivity contribution is 8.01. The van der Waals surface area contributed by atoms with E-state index in [1.165, 1.54) is 40.3 Å². The van der Waals surface area contributed by atoms with Gasteiger partial charge in [-0.15, -0.1) is 11.3 Å². The first-order valence-corrected chi connectivity index (χ1v) is 7.99. The summed E-state index contributed by atoms with van der Waals surface area (Å²) in [6.45, 7) is 0.577. The van der Waals surface area contributed by atoms with Crippen LogP contribution in [-0.4, -0.2) is 4.98 Å². The first-order valence-electron chi connectivity index (χ1n) is 6.30. The number of thiophene rings is 1. The third kappa shape index (κ3) is 2.46. The number of nitrogens with zero attached hydrogens (tertiary/aromatic N) is 1. The van der Waals surface area contributed by atoms with Crippen LogP contribution in [0, 0.1) is 0 Å². The van der Waals surface area contributed by atoms with Gasteiger partial charge < -0.3 is 5.73 Å². The van der Waals surface area contributed by atoms with Gasteiger partial charge in [0.05, 0.1) is 4.21 Å². The molecule has 4 heteroatoms. The minimum Gasteiger partial charge on any atom is -0.326 e. The van der Waals surface area contributed by atoms with Gasteiger partial charge in [0.1, 0.15) is 5.03 Å². The normalized spacial score (nSPS) is 14.5. The van der Waals surface area contributed by atoms with E-state index in [0.29, 0.717) is 6.54 Å². The molecule has 2 heterocycles. The molecule has 0 saturated carbocycles. The van der Waals surface area contributed by atoms with E-state index in [0.717, 1.165) is 11.4 Å². The predicted octanol–water partition coefficient (Wildman–Crippen LogP) is 3.63. The monoisotopic (exact) mass is 276 g/mol. The second kappa shape index (κ2) is 5.43. The van der Waals surface area contributed by atoms with Crippen molar-refractivity contribution in [2.45, 2.75) is 41.5 Å². The van der Waals surface area contributed by atoms with E-state index >= 15 is 0 Å². The van der Waals surface area contributed by atoms with Crippen molar-refractivity contribution >= 4 is 23.1 Å². The van der Waals surface area contributed by atoms with Crippen molar-refractivity contribution in [1.82, 2.24) is 4.98 Å². The molecule has 3 rings (SSSR count). The fraction of sp³-hybridized carbons (Fsp3) is 0.357. The van der Waals surface area contributed by atoms with E-state index in [1.807, 2.05) is 0 Å². The lowest BCUT2D eigenvalue weighted by Crippen LogP contribution is -2.10. The van der Waals surface area contributed by atoms with Crippen LogP contribution in [0.1, 0.15) is 29.7 Å². The molecule has 0 aromatic carbocycles. The fourth-order valence-corrected chi connectivity index (χ4v) is 4.12. The molecule has 0 amide bonds. The van der Waals surface area contributed by atoms with Crippen LogP contribution >= 0.6 is 23.1 Å². The van der Waals surface area contributed by atoms with Crippen molar-refractivity contribution in [2.24, 2.45) is 5.73 Å². The molecule has 94 valence electrons. The number of aromatic nitrogens is 1. The summed E-state index contributed by atoms with van der Waals surface area (Å²) in [5, 5.41) is 3.20. The predicted molar refractivity (Wildman–Crippen MR) is 77.2 cm³/mol. The molecular weight excluding hydrogens is 260 g/mol. The lowest BCUT2D eigenvalue weighted by Gasteiger charge is -2.17. The second-order valence-electron chi connectivity index (χ2n) is 4.50. The Labute approximate surface area is 116 Å². The number of fused-ring (bicyclic) bond motifs is 1. The van der Waals surface area contributed by atoms with Crippen LogP contribution in [0.5, 0.6) is 0 Å². The third-order valence-corrected chi connectivity index (χ3v) is 5.34. The number of hydrogen-bond donors (Lipinski definition) is 1. The number of aryl methyl sites for hydroxylation is 2. The molecule has 0 fully saturated rings. The molecule has 0 saturated heterocycles. The van der Waals surface area contributed by atoms with Gasteiger partial charge in [-0.2, -0.15) is 0 Å². The van der Waals surface area contributed by atoms with Gasteiger partial charge in [-0.3, -0.25) is 0 Å². The number of pyridine rings is 1. The van der Waals surface area contributed by atoms with Crippen LogP contribution in [0.3, 0.4) is 0 Å². The maximum atomic E-state index is 5.86. The average molecular weight is 276 g/mol. The van der Waals surface area contributed by atoms with Crippen molar-refractivity contribution in [2.75, 3.05) is 0 Å². The van der Waals surface area contributed by atoms with Gasteiger partial charge in [-0.25, -0.2) is 4.98 Å². The molecule has 1 aliphatic rings. The maximum Gasteiger partial charge on any atom is 0.106 e. The first kappa shape index (κ1) is 12.2. The summed E-state index contributed by atoms with van der Waals surface area (Å²) in [4.78, 5) is 4.85. The minimum atomic E-state index is 0.577. The zero-order chi connectivity index (χ0) is 12.4. The van der Waals surface area contributed by atoms with Crippen LogP contribution in [0.4, 0.5) is 0 Å².